The normalized spacial score (nSPS) is 12.4. The van der Waals surface area contributed by atoms with Crippen LogP contribution in [0.3, 0.4) is 0 Å². The van der Waals surface area contributed by atoms with E-state index in [9.17, 15) is 9.59 Å². The van der Waals surface area contributed by atoms with Crippen LogP contribution in [0.2, 0.25) is 0 Å². The highest BCUT2D eigenvalue weighted by molar-refractivity contribution is 7.12. The molecular formula is C22H20N2O4S. The zero-order valence-electron chi connectivity index (χ0n) is 16.1. The zero-order valence-corrected chi connectivity index (χ0v) is 16.9. The van der Waals surface area contributed by atoms with Gasteiger partial charge in [-0.15, -0.1) is 11.3 Å². The molecule has 1 aliphatic heterocycles. The first-order valence-electron chi connectivity index (χ1n) is 9.12. The van der Waals surface area contributed by atoms with Crippen molar-refractivity contribution in [2.75, 3.05) is 31.0 Å². The molecule has 2 heterocycles. The van der Waals surface area contributed by atoms with E-state index >= 15 is 0 Å². The van der Waals surface area contributed by atoms with Gasteiger partial charge in [0.2, 0.25) is 0 Å². The number of ether oxygens (including phenoxy) is 2. The summed E-state index contributed by atoms with van der Waals surface area (Å²) < 4.78 is 10.5. The lowest BCUT2D eigenvalue weighted by Crippen LogP contribution is -2.28. The molecule has 6 nitrogen and oxygen atoms in total. The maximum absolute atomic E-state index is 12.7. The lowest BCUT2D eigenvalue weighted by atomic mass is 10.1. The molecule has 0 aliphatic carbocycles. The Hall–Kier alpha value is -3.32. The van der Waals surface area contributed by atoms with Gasteiger partial charge in [-0.1, -0.05) is 6.07 Å². The van der Waals surface area contributed by atoms with E-state index in [-0.39, 0.29) is 11.8 Å². The SMILES string of the molecule is COc1ccc(C(=O)Nc2ccc3c(c2)CCN3C(=O)c2cccs2)c(OC)c1. The van der Waals surface area contributed by atoms with Crippen LogP contribution >= 0.6 is 11.3 Å². The number of carbonyl (C=O) groups excluding carboxylic acids is 2. The molecule has 0 radical (unpaired) electrons. The molecule has 2 aromatic carbocycles. The fourth-order valence-electron chi connectivity index (χ4n) is 3.41. The fourth-order valence-corrected chi connectivity index (χ4v) is 4.08. The van der Waals surface area contributed by atoms with E-state index in [4.69, 9.17) is 9.47 Å². The van der Waals surface area contributed by atoms with Crippen LogP contribution in [-0.4, -0.2) is 32.6 Å². The standard InChI is InChI=1S/C22H20N2O4S/c1-27-16-6-7-17(19(13-16)28-2)21(25)23-15-5-8-18-14(12-15)9-10-24(18)22(26)20-4-3-11-29-20/h3-8,11-13H,9-10H2,1-2H3,(H,23,25). The minimum Gasteiger partial charge on any atom is -0.497 e. The van der Waals surface area contributed by atoms with Crippen molar-refractivity contribution in [3.05, 3.63) is 69.9 Å². The monoisotopic (exact) mass is 408 g/mol. The first kappa shape index (κ1) is 19.0. The molecule has 2 amide bonds. The molecule has 0 bridgehead atoms. The van der Waals surface area contributed by atoms with Crippen molar-refractivity contribution < 1.29 is 19.1 Å². The molecule has 1 N–H and O–H groups in total. The van der Waals surface area contributed by atoms with Gasteiger partial charge >= 0.3 is 0 Å². The second kappa shape index (κ2) is 7.97. The van der Waals surface area contributed by atoms with E-state index in [0.29, 0.717) is 29.3 Å². The summed E-state index contributed by atoms with van der Waals surface area (Å²) in [6, 6.07) is 14.4. The van der Waals surface area contributed by atoms with Gasteiger partial charge in [0.25, 0.3) is 11.8 Å². The molecular weight excluding hydrogens is 388 g/mol. The minimum atomic E-state index is -0.269. The van der Waals surface area contributed by atoms with E-state index in [1.165, 1.54) is 18.4 Å². The summed E-state index contributed by atoms with van der Waals surface area (Å²) in [5.74, 6) is 0.801. The van der Waals surface area contributed by atoms with Crippen LogP contribution in [0.15, 0.2) is 53.9 Å². The van der Waals surface area contributed by atoms with E-state index in [1.54, 1.807) is 30.2 Å². The average molecular weight is 408 g/mol. The van der Waals surface area contributed by atoms with E-state index in [1.807, 2.05) is 35.7 Å². The third-order valence-corrected chi connectivity index (χ3v) is 5.72. The predicted octanol–water partition coefficient (Wildman–Crippen LogP) is 4.22. The van der Waals surface area contributed by atoms with Gasteiger partial charge in [0.15, 0.2) is 0 Å². The summed E-state index contributed by atoms with van der Waals surface area (Å²) in [7, 11) is 3.08. The molecule has 3 aromatic rings. The van der Waals surface area contributed by atoms with Crippen LogP contribution in [0.25, 0.3) is 0 Å². The van der Waals surface area contributed by atoms with Crippen LogP contribution < -0.4 is 19.7 Å². The maximum Gasteiger partial charge on any atom is 0.268 e. The summed E-state index contributed by atoms with van der Waals surface area (Å²) in [4.78, 5) is 27.9. The summed E-state index contributed by atoms with van der Waals surface area (Å²) >= 11 is 1.44. The van der Waals surface area contributed by atoms with Crippen LogP contribution in [0, 0.1) is 0 Å². The first-order valence-corrected chi connectivity index (χ1v) is 10.0. The molecule has 0 atom stereocenters. The molecule has 29 heavy (non-hydrogen) atoms. The number of thiophene rings is 1. The fraction of sp³-hybridized carbons (Fsp3) is 0.182. The highest BCUT2D eigenvalue weighted by atomic mass is 32.1. The third-order valence-electron chi connectivity index (χ3n) is 4.86. The molecule has 1 aliphatic rings. The van der Waals surface area contributed by atoms with Gasteiger partial charge < -0.3 is 19.7 Å². The van der Waals surface area contributed by atoms with Crippen molar-refractivity contribution in [3.63, 3.8) is 0 Å². The Balaban J connectivity index is 1.53. The number of nitrogens with zero attached hydrogens (tertiary/aromatic N) is 1. The van der Waals surface area contributed by atoms with Gasteiger partial charge in [0.05, 0.1) is 24.7 Å². The number of nitrogens with one attached hydrogen (secondary N) is 1. The second-order valence-corrected chi connectivity index (χ2v) is 7.50. The number of benzene rings is 2. The topological polar surface area (TPSA) is 67.9 Å². The number of carbonyl (C=O) groups is 2. The van der Waals surface area contributed by atoms with Crippen molar-refractivity contribution in [3.8, 4) is 11.5 Å². The van der Waals surface area contributed by atoms with Gasteiger partial charge in [-0.05, 0) is 53.8 Å². The lowest BCUT2D eigenvalue weighted by molar-refractivity contribution is 0.0991. The van der Waals surface area contributed by atoms with E-state index in [2.05, 4.69) is 5.32 Å². The molecule has 0 fully saturated rings. The summed E-state index contributed by atoms with van der Waals surface area (Å²) in [6.45, 7) is 0.635. The van der Waals surface area contributed by atoms with Crippen molar-refractivity contribution >= 4 is 34.5 Å². The van der Waals surface area contributed by atoms with Gasteiger partial charge in [0.1, 0.15) is 11.5 Å². The summed E-state index contributed by atoms with van der Waals surface area (Å²) in [5.41, 5.74) is 3.03. The Morgan fingerprint density at radius 1 is 1.07 bits per heavy atom. The van der Waals surface area contributed by atoms with Crippen molar-refractivity contribution in [2.24, 2.45) is 0 Å². The summed E-state index contributed by atoms with van der Waals surface area (Å²) in [6.07, 6.45) is 0.752. The molecule has 0 saturated carbocycles. The quantitative estimate of drug-likeness (QED) is 0.686. The average Bonchev–Trinajstić information content (AvgIpc) is 3.42. The number of methoxy groups -OCH3 is 2. The van der Waals surface area contributed by atoms with Gasteiger partial charge in [-0.2, -0.15) is 0 Å². The number of hydrogen-bond acceptors (Lipinski definition) is 5. The minimum absolute atomic E-state index is 0.0125. The van der Waals surface area contributed by atoms with Crippen molar-refractivity contribution in [2.45, 2.75) is 6.42 Å². The van der Waals surface area contributed by atoms with Crippen LogP contribution in [-0.2, 0) is 6.42 Å². The van der Waals surface area contributed by atoms with Crippen molar-refractivity contribution in [1.82, 2.24) is 0 Å². The third kappa shape index (κ3) is 3.69. The zero-order chi connectivity index (χ0) is 20.4. The van der Waals surface area contributed by atoms with Gasteiger partial charge in [-0.3, -0.25) is 9.59 Å². The Morgan fingerprint density at radius 3 is 2.66 bits per heavy atom. The lowest BCUT2D eigenvalue weighted by Gasteiger charge is -2.17. The number of fused-ring (bicyclic) bond motifs is 1. The molecule has 7 heteroatoms. The molecule has 148 valence electrons. The number of rotatable bonds is 5. The smallest absolute Gasteiger partial charge is 0.268 e. The maximum atomic E-state index is 12.7. The van der Waals surface area contributed by atoms with Crippen LogP contribution in [0.4, 0.5) is 11.4 Å². The molecule has 1 aromatic heterocycles. The summed E-state index contributed by atoms with van der Waals surface area (Å²) in [5, 5.41) is 4.81. The van der Waals surface area contributed by atoms with Crippen molar-refractivity contribution in [1.29, 1.82) is 0 Å². The molecule has 4 rings (SSSR count). The van der Waals surface area contributed by atoms with Gasteiger partial charge in [0, 0.05) is 24.0 Å². The highest BCUT2D eigenvalue weighted by Gasteiger charge is 2.26. The van der Waals surface area contributed by atoms with E-state index in [0.717, 1.165) is 22.5 Å². The number of hydrogen-bond donors (Lipinski definition) is 1. The Bertz CT molecular complexity index is 1060. The first-order chi connectivity index (χ1) is 14.1. The number of anilines is 2. The largest absolute Gasteiger partial charge is 0.497 e. The molecule has 0 saturated heterocycles. The van der Waals surface area contributed by atoms with Crippen LogP contribution in [0.5, 0.6) is 11.5 Å². The van der Waals surface area contributed by atoms with Gasteiger partial charge in [-0.25, -0.2) is 0 Å². The van der Waals surface area contributed by atoms with Crippen LogP contribution in [0.1, 0.15) is 25.6 Å². The second-order valence-electron chi connectivity index (χ2n) is 6.55. The Kier molecular flexibility index (Phi) is 5.22. The highest BCUT2D eigenvalue weighted by Crippen LogP contribution is 2.33. The predicted molar refractivity (Wildman–Crippen MR) is 114 cm³/mol. The molecule has 0 unspecified atom stereocenters. The van der Waals surface area contributed by atoms with E-state index < -0.39 is 0 Å². The molecule has 0 spiro atoms. The Labute approximate surface area is 172 Å². The number of amides is 2. The Morgan fingerprint density at radius 2 is 1.93 bits per heavy atom.